The minimum atomic E-state index is -0.205. The van der Waals surface area contributed by atoms with Crippen molar-refractivity contribution in [3.05, 3.63) is 65.2 Å². The monoisotopic (exact) mass is 369 g/mol. The van der Waals surface area contributed by atoms with Crippen LogP contribution in [0.5, 0.6) is 5.75 Å². The smallest absolute Gasteiger partial charge is 0.315 e. The second-order valence-electron chi connectivity index (χ2n) is 6.50. The van der Waals surface area contributed by atoms with Crippen LogP contribution < -0.4 is 20.7 Å². The fraction of sp³-hybridized carbons (Fsp3) is 0.333. The van der Waals surface area contributed by atoms with Crippen LogP contribution in [0.15, 0.2) is 48.5 Å². The maximum absolute atomic E-state index is 12.3. The van der Waals surface area contributed by atoms with Gasteiger partial charge in [0.15, 0.2) is 0 Å². The van der Waals surface area contributed by atoms with E-state index in [4.69, 9.17) is 4.74 Å². The van der Waals surface area contributed by atoms with Crippen LogP contribution in [0, 0.1) is 0 Å². The highest BCUT2D eigenvalue weighted by Crippen LogP contribution is 2.17. The van der Waals surface area contributed by atoms with Crippen LogP contribution >= 0.6 is 0 Å². The molecule has 144 valence electrons. The molecule has 0 saturated heterocycles. The zero-order chi connectivity index (χ0) is 19.6. The molecule has 27 heavy (non-hydrogen) atoms. The van der Waals surface area contributed by atoms with Crippen molar-refractivity contribution >= 4 is 11.9 Å². The highest BCUT2D eigenvalue weighted by molar-refractivity contribution is 5.94. The van der Waals surface area contributed by atoms with Gasteiger partial charge in [-0.2, -0.15) is 0 Å². The predicted octanol–water partition coefficient (Wildman–Crippen LogP) is 2.88. The van der Waals surface area contributed by atoms with Crippen molar-refractivity contribution in [2.24, 2.45) is 0 Å². The number of para-hydroxylation sites is 1. The molecule has 0 bridgehead atoms. The SMILES string of the molecule is COc1ccccc1CCNC(=O)c1ccc(CNC(=O)NC(C)C)cc1. The number of rotatable bonds is 8. The molecule has 0 heterocycles. The van der Waals surface area contributed by atoms with Crippen molar-refractivity contribution < 1.29 is 14.3 Å². The second kappa shape index (κ2) is 10.2. The third-order valence-corrected chi connectivity index (χ3v) is 3.96. The lowest BCUT2D eigenvalue weighted by Gasteiger charge is -2.11. The average molecular weight is 369 g/mol. The number of hydrogen-bond acceptors (Lipinski definition) is 3. The lowest BCUT2D eigenvalue weighted by Crippen LogP contribution is -2.39. The number of nitrogens with one attached hydrogen (secondary N) is 3. The van der Waals surface area contributed by atoms with Crippen molar-refractivity contribution in [3.63, 3.8) is 0 Å². The van der Waals surface area contributed by atoms with Crippen molar-refractivity contribution in [3.8, 4) is 5.75 Å². The number of hydrogen-bond donors (Lipinski definition) is 3. The highest BCUT2D eigenvalue weighted by atomic mass is 16.5. The Morgan fingerprint density at radius 3 is 2.37 bits per heavy atom. The van der Waals surface area contributed by atoms with Gasteiger partial charge in [0.05, 0.1) is 7.11 Å². The first-order valence-corrected chi connectivity index (χ1v) is 9.03. The van der Waals surface area contributed by atoms with Gasteiger partial charge in [-0.3, -0.25) is 4.79 Å². The number of urea groups is 1. The molecule has 2 rings (SSSR count). The topological polar surface area (TPSA) is 79.5 Å². The van der Waals surface area contributed by atoms with E-state index in [0.717, 1.165) is 16.9 Å². The zero-order valence-electron chi connectivity index (χ0n) is 16.0. The lowest BCUT2D eigenvalue weighted by atomic mass is 10.1. The fourth-order valence-electron chi connectivity index (χ4n) is 2.59. The lowest BCUT2D eigenvalue weighted by molar-refractivity contribution is 0.0954. The normalized spacial score (nSPS) is 10.4. The molecule has 0 fully saturated rings. The van der Waals surface area contributed by atoms with E-state index in [2.05, 4.69) is 16.0 Å². The van der Waals surface area contributed by atoms with Crippen LogP contribution in [0.4, 0.5) is 4.79 Å². The molecular formula is C21H27N3O3. The Bertz CT molecular complexity index is 758. The van der Waals surface area contributed by atoms with E-state index in [1.54, 1.807) is 19.2 Å². The number of benzene rings is 2. The van der Waals surface area contributed by atoms with E-state index in [9.17, 15) is 9.59 Å². The van der Waals surface area contributed by atoms with Gasteiger partial charge in [-0.25, -0.2) is 4.79 Å². The van der Waals surface area contributed by atoms with E-state index >= 15 is 0 Å². The molecular weight excluding hydrogens is 342 g/mol. The Morgan fingerprint density at radius 2 is 1.70 bits per heavy atom. The first-order chi connectivity index (χ1) is 13.0. The summed E-state index contributed by atoms with van der Waals surface area (Å²) >= 11 is 0. The zero-order valence-corrected chi connectivity index (χ0v) is 16.0. The van der Waals surface area contributed by atoms with Gasteiger partial charge >= 0.3 is 6.03 Å². The fourth-order valence-corrected chi connectivity index (χ4v) is 2.59. The van der Waals surface area contributed by atoms with Gasteiger partial charge in [-0.1, -0.05) is 30.3 Å². The largest absolute Gasteiger partial charge is 0.496 e. The Hall–Kier alpha value is -3.02. The van der Waals surface area contributed by atoms with Crippen LogP contribution in [0.1, 0.15) is 35.3 Å². The molecule has 0 aliphatic rings. The predicted molar refractivity (Wildman–Crippen MR) is 106 cm³/mol. The first kappa shape index (κ1) is 20.3. The average Bonchev–Trinajstić information content (AvgIpc) is 2.66. The molecule has 6 heteroatoms. The van der Waals surface area contributed by atoms with Crippen molar-refractivity contribution in [2.75, 3.05) is 13.7 Å². The van der Waals surface area contributed by atoms with Crippen LogP contribution in [0.3, 0.4) is 0 Å². The molecule has 0 aromatic heterocycles. The summed E-state index contributed by atoms with van der Waals surface area (Å²) in [4.78, 5) is 23.9. The summed E-state index contributed by atoms with van der Waals surface area (Å²) in [5.74, 6) is 0.701. The molecule has 0 unspecified atom stereocenters. The van der Waals surface area contributed by atoms with Crippen molar-refractivity contribution in [2.45, 2.75) is 32.9 Å². The van der Waals surface area contributed by atoms with Crippen LogP contribution in [0.2, 0.25) is 0 Å². The molecule has 0 atom stereocenters. The van der Waals surface area contributed by atoms with Crippen LogP contribution in [-0.4, -0.2) is 31.6 Å². The van der Waals surface area contributed by atoms with E-state index < -0.39 is 0 Å². The minimum absolute atomic E-state index is 0.0897. The Morgan fingerprint density at radius 1 is 1.00 bits per heavy atom. The number of carbonyl (C=O) groups excluding carboxylic acids is 2. The molecule has 6 nitrogen and oxygen atoms in total. The summed E-state index contributed by atoms with van der Waals surface area (Å²) in [5, 5.41) is 8.46. The third-order valence-electron chi connectivity index (χ3n) is 3.96. The summed E-state index contributed by atoms with van der Waals surface area (Å²) in [7, 11) is 1.64. The molecule has 2 aromatic rings. The van der Waals surface area contributed by atoms with Gasteiger partial charge < -0.3 is 20.7 Å². The molecule has 3 N–H and O–H groups in total. The van der Waals surface area contributed by atoms with Crippen LogP contribution in [-0.2, 0) is 13.0 Å². The Balaban J connectivity index is 1.80. The van der Waals surface area contributed by atoms with Crippen molar-refractivity contribution in [1.82, 2.24) is 16.0 Å². The molecule has 0 spiro atoms. The quantitative estimate of drug-likeness (QED) is 0.669. The second-order valence-corrected chi connectivity index (χ2v) is 6.50. The maximum Gasteiger partial charge on any atom is 0.315 e. The van der Waals surface area contributed by atoms with Gasteiger partial charge in [0, 0.05) is 24.7 Å². The molecule has 0 aliphatic carbocycles. The summed E-state index contributed by atoms with van der Waals surface area (Å²) < 4.78 is 5.31. The summed E-state index contributed by atoms with van der Waals surface area (Å²) in [6.45, 7) is 4.74. The van der Waals surface area contributed by atoms with E-state index in [0.29, 0.717) is 25.1 Å². The Kier molecular flexibility index (Phi) is 7.67. The van der Waals surface area contributed by atoms with Gasteiger partial charge in [0.2, 0.25) is 0 Å². The number of amides is 3. The number of ether oxygens (including phenoxy) is 1. The molecule has 3 amide bonds. The highest BCUT2D eigenvalue weighted by Gasteiger charge is 2.07. The third kappa shape index (κ3) is 6.66. The van der Waals surface area contributed by atoms with E-state index in [1.807, 2.05) is 50.2 Å². The number of carbonyl (C=O) groups is 2. The van der Waals surface area contributed by atoms with E-state index in [1.165, 1.54) is 0 Å². The molecule has 0 saturated carbocycles. The summed E-state index contributed by atoms with van der Waals surface area (Å²) in [6.07, 6.45) is 0.697. The molecule has 0 aliphatic heterocycles. The van der Waals surface area contributed by atoms with E-state index in [-0.39, 0.29) is 18.0 Å². The Labute approximate surface area is 160 Å². The van der Waals surface area contributed by atoms with Gasteiger partial charge in [-0.15, -0.1) is 0 Å². The maximum atomic E-state index is 12.3. The minimum Gasteiger partial charge on any atom is -0.496 e. The van der Waals surface area contributed by atoms with Crippen LogP contribution in [0.25, 0.3) is 0 Å². The molecule has 0 radical (unpaired) electrons. The van der Waals surface area contributed by atoms with Gasteiger partial charge in [0.1, 0.15) is 5.75 Å². The van der Waals surface area contributed by atoms with Crippen molar-refractivity contribution in [1.29, 1.82) is 0 Å². The van der Waals surface area contributed by atoms with Gasteiger partial charge in [-0.05, 0) is 49.6 Å². The summed E-state index contributed by atoms with van der Waals surface area (Å²) in [6, 6.07) is 14.8. The number of methoxy groups -OCH3 is 1. The first-order valence-electron chi connectivity index (χ1n) is 9.03. The van der Waals surface area contributed by atoms with Gasteiger partial charge in [0.25, 0.3) is 5.91 Å². The summed E-state index contributed by atoms with van der Waals surface area (Å²) in [5.41, 5.74) is 2.58. The molecule has 2 aromatic carbocycles. The standard InChI is InChI=1S/C21H27N3O3/c1-15(2)24-21(26)23-14-16-8-10-18(11-9-16)20(25)22-13-12-17-6-4-5-7-19(17)27-3/h4-11,15H,12-14H2,1-3H3,(H,22,25)(H2,23,24,26).